The third-order valence-corrected chi connectivity index (χ3v) is 5.33. The summed E-state index contributed by atoms with van der Waals surface area (Å²) in [6.07, 6.45) is 13.0. The van der Waals surface area contributed by atoms with E-state index in [-0.39, 0.29) is 0 Å². The SMILES string of the molecule is [B-](n1ccc(-c2cccc(C3=CC=CC=[N+]3)n2)n1)n1ccc(-c2cccc(-c3ccccn3)n2)n1. The van der Waals surface area contributed by atoms with Gasteiger partial charge in [0.15, 0.2) is 0 Å². The second-order valence-electron chi connectivity index (χ2n) is 7.72. The molecule has 0 unspecified atom stereocenters. The van der Waals surface area contributed by atoms with Gasteiger partial charge >= 0.3 is 5.70 Å². The normalized spacial score (nSPS) is 12.6. The van der Waals surface area contributed by atoms with Gasteiger partial charge in [-0.1, -0.05) is 18.2 Å². The van der Waals surface area contributed by atoms with E-state index < -0.39 is 0 Å². The fourth-order valence-electron chi connectivity index (χ4n) is 3.67. The number of rotatable bonds is 6. The van der Waals surface area contributed by atoms with Gasteiger partial charge in [-0.2, -0.15) is 0 Å². The molecule has 1 aliphatic heterocycles. The molecule has 9 heteroatoms. The molecule has 3 radical (unpaired) electrons. The zero-order valence-electron chi connectivity index (χ0n) is 18.5. The van der Waals surface area contributed by atoms with E-state index in [9.17, 15) is 0 Å². The number of pyridine rings is 3. The Bertz CT molecular complexity index is 1580. The van der Waals surface area contributed by atoms with E-state index in [2.05, 4.69) is 20.2 Å². The Labute approximate surface area is 202 Å². The van der Waals surface area contributed by atoms with Gasteiger partial charge < -0.3 is 9.19 Å². The Morgan fingerprint density at radius 1 is 0.600 bits per heavy atom. The lowest BCUT2D eigenvalue weighted by molar-refractivity contribution is 0.886. The van der Waals surface area contributed by atoms with Gasteiger partial charge in [0, 0.05) is 18.3 Å². The number of nitrogens with zero attached hydrogens (tertiary/aromatic N) is 8. The monoisotopic (exact) mass is 453 g/mol. The smallest absolute Gasteiger partial charge is 0.302 e. The highest BCUT2D eigenvalue weighted by atomic mass is 15.3. The van der Waals surface area contributed by atoms with Gasteiger partial charge in [-0.3, -0.25) is 4.98 Å². The van der Waals surface area contributed by atoms with E-state index in [1.54, 1.807) is 29.1 Å². The molecule has 0 saturated heterocycles. The first-order valence-electron chi connectivity index (χ1n) is 11.0. The molecule has 8 nitrogen and oxygen atoms in total. The predicted molar refractivity (Wildman–Crippen MR) is 136 cm³/mol. The Balaban J connectivity index is 1.20. The molecule has 6 rings (SSSR count). The van der Waals surface area contributed by atoms with E-state index in [0.29, 0.717) is 0 Å². The first-order chi connectivity index (χ1) is 17.3. The van der Waals surface area contributed by atoms with Crippen LogP contribution in [0.25, 0.3) is 39.9 Å². The Kier molecular flexibility index (Phi) is 5.40. The highest BCUT2D eigenvalue weighted by Gasteiger charge is 2.15. The molecule has 5 aromatic rings. The van der Waals surface area contributed by atoms with Crippen LogP contribution in [0.4, 0.5) is 0 Å². The predicted octanol–water partition coefficient (Wildman–Crippen LogP) is 3.51. The van der Waals surface area contributed by atoms with Crippen molar-refractivity contribution in [2.24, 2.45) is 0 Å². The van der Waals surface area contributed by atoms with Crippen LogP contribution in [-0.4, -0.2) is 48.1 Å². The zero-order chi connectivity index (χ0) is 23.5. The van der Waals surface area contributed by atoms with E-state index in [0.717, 1.165) is 45.6 Å². The van der Waals surface area contributed by atoms with E-state index in [4.69, 9.17) is 9.97 Å². The topological polar surface area (TPSA) is 88.4 Å². The van der Waals surface area contributed by atoms with Gasteiger partial charge in [0.2, 0.25) is 6.21 Å². The minimum Gasteiger partial charge on any atom is -0.488 e. The number of aromatic nitrogens is 7. The maximum absolute atomic E-state index is 4.72. The molecule has 0 amide bonds. The van der Waals surface area contributed by atoms with Crippen molar-refractivity contribution in [3.05, 3.63) is 109 Å². The van der Waals surface area contributed by atoms with E-state index in [1.807, 2.05) is 97.4 Å². The molecule has 0 N–H and O–H groups in total. The Hall–Kier alpha value is -4.92. The standard InChI is InChI=1S/C26H18BN8/c1-3-15-28-19(7-1)21-9-5-11-23(30-21)25-13-17-34(32-25)27-35-18-14-26(33-35)24-12-6-10-22(31-24)20-8-2-4-16-29-20/h1-18H. The molecule has 35 heavy (non-hydrogen) atoms. The Morgan fingerprint density at radius 3 is 1.86 bits per heavy atom. The molecule has 165 valence electrons. The van der Waals surface area contributed by atoms with Gasteiger partial charge in [-0.15, -0.1) is 0 Å². The minimum absolute atomic E-state index is 0.760. The largest absolute Gasteiger partial charge is 0.488 e. The summed E-state index contributed by atoms with van der Waals surface area (Å²) in [4.78, 5) is 18.2. The molecule has 0 fully saturated rings. The van der Waals surface area contributed by atoms with Crippen molar-refractivity contribution in [2.45, 2.75) is 0 Å². The van der Waals surface area contributed by atoms with Crippen molar-refractivity contribution in [2.75, 3.05) is 0 Å². The second kappa shape index (κ2) is 9.15. The first-order valence-corrected chi connectivity index (χ1v) is 11.0. The molecule has 0 aromatic carbocycles. The number of allylic oxidation sites excluding steroid dienone is 3. The van der Waals surface area contributed by atoms with Crippen molar-refractivity contribution in [3.8, 4) is 34.2 Å². The van der Waals surface area contributed by atoms with Gasteiger partial charge in [-0.25, -0.2) is 20.2 Å². The number of hydrogen-bond donors (Lipinski definition) is 0. The van der Waals surface area contributed by atoms with Crippen LogP contribution in [0.5, 0.6) is 0 Å². The lowest BCUT2D eigenvalue weighted by atomic mass is 10.2. The molecule has 0 aliphatic carbocycles. The van der Waals surface area contributed by atoms with Crippen molar-refractivity contribution in [1.29, 1.82) is 0 Å². The van der Waals surface area contributed by atoms with Crippen LogP contribution in [0.2, 0.25) is 0 Å². The average molecular weight is 453 g/mol. The van der Waals surface area contributed by atoms with Crippen LogP contribution in [0.1, 0.15) is 5.69 Å². The molecule has 0 bridgehead atoms. The summed E-state index contributed by atoms with van der Waals surface area (Å²) in [5.74, 6) is 0. The van der Waals surface area contributed by atoms with Crippen LogP contribution in [-0.2, 0) is 0 Å². The fraction of sp³-hybridized carbons (Fsp3) is 0. The zero-order valence-corrected chi connectivity index (χ0v) is 18.5. The number of hydrogen-bond acceptors (Lipinski definition) is 6. The summed E-state index contributed by atoms with van der Waals surface area (Å²) >= 11 is 0. The summed E-state index contributed by atoms with van der Waals surface area (Å²) in [5.41, 5.74) is 6.33. The molecule has 0 spiro atoms. The van der Waals surface area contributed by atoms with Gasteiger partial charge in [-0.05, 0) is 74.6 Å². The third kappa shape index (κ3) is 4.47. The van der Waals surface area contributed by atoms with Crippen molar-refractivity contribution in [1.82, 2.24) is 39.3 Å². The van der Waals surface area contributed by atoms with Gasteiger partial charge in [0.25, 0.3) is 0 Å². The summed E-state index contributed by atoms with van der Waals surface area (Å²) < 4.78 is 3.41. The van der Waals surface area contributed by atoms with Crippen LogP contribution >= 0.6 is 0 Å². The lowest BCUT2D eigenvalue weighted by Gasteiger charge is -2.17. The lowest BCUT2D eigenvalue weighted by Crippen LogP contribution is -2.18. The molecular formula is C26H18BN8. The molecule has 0 atom stereocenters. The quantitative estimate of drug-likeness (QED) is 0.367. The highest BCUT2D eigenvalue weighted by molar-refractivity contribution is 6.30. The minimum atomic E-state index is 0.760. The Morgan fingerprint density at radius 2 is 1.23 bits per heavy atom. The maximum atomic E-state index is 4.72. The van der Waals surface area contributed by atoms with Crippen LogP contribution in [0.15, 0.2) is 104 Å². The average Bonchev–Trinajstić information content (AvgIpc) is 3.60. The van der Waals surface area contributed by atoms with E-state index in [1.165, 1.54) is 0 Å². The van der Waals surface area contributed by atoms with Gasteiger partial charge in [0.05, 0.1) is 27.8 Å². The van der Waals surface area contributed by atoms with Crippen LogP contribution in [0, 0.1) is 0 Å². The summed E-state index contributed by atoms with van der Waals surface area (Å²) in [5, 5.41) is 9.28. The van der Waals surface area contributed by atoms with Crippen LogP contribution < -0.4 is 4.99 Å². The third-order valence-electron chi connectivity index (χ3n) is 5.33. The van der Waals surface area contributed by atoms with Crippen molar-refractivity contribution in [3.63, 3.8) is 0 Å². The fourth-order valence-corrected chi connectivity index (χ4v) is 3.67. The summed E-state index contributed by atoms with van der Waals surface area (Å²) in [6, 6.07) is 21.3. The molecule has 6 heterocycles. The van der Waals surface area contributed by atoms with Gasteiger partial charge in [0.1, 0.15) is 17.1 Å². The second-order valence-corrected chi connectivity index (χ2v) is 7.72. The highest BCUT2D eigenvalue weighted by Crippen LogP contribution is 2.20. The molecule has 1 aliphatic rings. The van der Waals surface area contributed by atoms with Crippen molar-refractivity contribution >= 4 is 19.5 Å². The summed E-state index contributed by atoms with van der Waals surface area (Å²) in [6.45, 7) is 0. The van der Waals surface area contributed by atoms with E-state index >= 15 is 0 Å². The van der Waals surface area contributed by atoms with Crippen molar-refractivity contribution < 1.29 is 0 Å². The molecule has 0 saturated carbocycles. The maximum Gasteiger partial charge on any atom is 0.302 e. The first kappa shape index (κ1) is 20.7. The number of aliphatic imine (C=N–C) groups is 1. The molecule has 5 aromatic heterocycles. The van der Waals surface area contributed by atoms with Crippen LogP contribution in [0.3, 0.4) is 0 Å². The molecular weight excluding hydrogens is 435 g/mol. The summed E-state index contributed by atoms with van der Waals surface area (Å²) in [7, 11) is 1.79.